The average Bonchev–Trinajstić information content (AvgIpc) is 3.15. The van der Waals surface area contributed by atoms with Crippen LogP contribution in [0.1, 0.15) is 11.7 Å². The van der Waals surface area contributed by atoms with Crippen LogP contribution in [-0.4, -0.2) is 30.9 Å². The maximum Gasteiger partial charge on any atom is 0.244 e. The minimum absolute atomic E-state index is 0.0132. The minimum Gasteiger partial charge on any atom is -0.368 e. The van der Waals surface area contributed by atoms with Crippen LogP contribution in [0.4, 0.5) is 5.95 Å². The van der Waals surface area contributed by atoms with E-state index in [1.165, 1.54) is 11.8 Å². The summed E-state index contributed by atoms with van der Waals surface area (Å²) in [7, 11) is 0. The molecule has 24 heavy (non-hydrogen) atoms. The smallest absolute Gasteiger partial charge is 0.244 e. The number of thioether (sulfide) groups is 1. The van der Waals surface area contributed by atoms with E-state index in [0.29, 0.717) is 5.16 Å². The zero-order valence-electron chi connectivity index (χ0n) is 12.9. The van der Waals surface area contributed by atoms with Gasteiger partial charge in [-0.1, -0.05) is 48.2 Å². The van der Waals surface area contributed by atoms with E-state index in [9.17, 15) is 4.79 Å². The van der Waals surface area contributed by atoms with E-state index >= 15 is 0 Å². The van der Waals surface area contributed by atoms with Crippen molar-refractivity contribution in [2.75, 3.05) is 5.73 Å². The van der Waals surface area contributed by atoms with Gasteiger partial charge in [-0.15, -0.1) is 5.10 Å². The third-order valence-corrected chi connectivity index (χ3v) is 4.86. The van der Waals surface area contributed by atoms with Gasteiger partial charge >= 0.3 is 0 Å². The third-order valence-electron chi connectivity index (χ3n) is 3.91. The Hall–Kier alpha value is -2.80. The highest BCUT2D eigenvalue weighted by molar-refractivity contribution is 8.00. The fourth-order valence-corrected chi connectivity index (χ4v) is 3.63. The van der Waals surface area contributed by atoms with Gasteiger partial charge < -0.3 is 5.73 Å². The molecule has 0 aliphatic heterocycles. The second kappa shape index (κ2) is 5.68. The van der Waals surface area contributed by atoms with Crippen LogP contribution in [0.25, 0.3) is 21.8 Å². The number of aromatic amines is 1. The predicted octanol–water partition coefficient (Wildman–Crippen LogP) is 3.32. The molecule has 1 atom stereocenters. The molecule has 4 rings (SSSR count). The quantitative estimate of drug-likeness (QED) is 0.560. The van der Waals surface area contributed by atoms with Crippen LogP contribution >= 0.6 is 11.8 Å². The first-order chi connectivity index (χ1) is 11.6. The summed E-state index contributed by atoms with van der Waals surface area (Å²) in [5, 5.41) is 8.83. The molecule has 0 amide bonds. The second-order valence-electron chi connectivity index (χ2n) is 5.47. The minimum atomic E-state index is -0.348. The standard InChI is InChI=1S/C17H15N5OS/c1-10(24-17-19-16(18)20-21-17)15(23)22-13-8-4-2-6-11(13)12-7-3-5-9-14(12)22/h2-10H,1H3,(H3,18,19,20,21)/t10-/m1/s1. The molecule has 0 saturated carbocycles. The monoisotopic (exact) mass is 337 g/mol. The number of nitrogens with two attached hydrogens (primary N) is 1. The molecule has 0 bridgehead atoms. The van der Waals surface area contributed by atoms with E-state index in [4.69, 9.17) is 5.73 Å². The van der Waals surface area contributed by atoms with Crippen LogP contribution < -0.4 is 5.73 Å². The van der Waals surface area contributed by atoms with Crippen molar-refractivity contribution in [3.05, 3.63) is 48.5 Å². The molecule has 0 radical (unpaired) electrons. The van der Waals surface area contributed by atoms with Crippen molar-refractivity contribution >= 4 is 45.4 Å². The molecule has 0 fully saturated rings. The Kier molecular flexibility index (Phi) is 3.50. The molecule has 6 nitrogen and oxygen atoms in total. The number of benzene rings is 2. The Morgan fingerprint density at radius 2 is 1.71 bits per heavy atom. The van der Waals surface area contributed by atoms with Gasteiger partial charge in [0.1, 0.15) is 0 Å². The van der Waals surface area contributed by atoms with E-state index in [-0.39, 0.29) is 17.1 Å². The molecular weight excluding hydrogens is 322 g/mol. The number of nitrogens with zero attached hydrogens (tertiary/aromatic N) is 3. The lowest BCUT2D eigenvalue weighted by Gasteiger charge is -2.11. The number of nitrogens with one attached hydrogen (secondary N) is 1. The topological polar surface area (TPSA) is 89.6 Å². The molecule has 2 aromatic heterocycles. The SMILES string of the molecule is C[C@@H](Sc1n[nH]c(N)n1)C(=O)n1c2ccccc2c2ccccc21. The molecule has 2 aromatic carbocycles. The van der Waals surface area contributed by atoms with E-state index in [1.54, 1.807) is 4.57 Å². The van der Waals surface area contributed by atoms with E-state index in [0.717, 1.165) is 21.8 Å². The first-order valence-electron chi connectivity index (χ1n) is 7.52. The second-order valence-corrected chi connectivity index (χ2v) is 6.78. The van der Waals surface area contributed by atoms with E-state index < -0.39 is 0 Å². The van der Waals surface area contributed by atoms with Crippen LogP contribution in [0.3, 0.4) is 0 Å². The number of hydrogen-bond donors (Lipinski definition) is 2. The summed E-state index contributed by atoms with van der Waals surface area (Å²) >= 11 is 1.28. The number of nitrogen functional groups attached to an aromatic ring is 1. The Bertz CT molecular complexity index is 998. The molecule has 3 N–H and O–H groups in total. The maximum absolute atomic E-state index is 13.1. The summed E-state index contributed by atoms with van der Waals surface area (Å²) in [6.45, 7) is 1.85. The lowest BCUT2D eigenvalue weighted by molar-refractivity contribution is 0.0925. The summed E-state index contributed by atoms with van der Waals surface area (Å²) in [6.07, 6.45) is 0. The Labute approximate surface area is 142 Å². The summed E-state index contributed by atoms with van der Waals surface area (Å²) in [6, 6.07) is 15.9. The highest BCUT2D eigenvalue weighted by atomic mass is 32.2. The highest BCUT2D eigenvalue weighted by Crippen LogP contribution is 2.31. The van der Waals surface area contributed by atoms with Crippen LogP contribution in [0.2, 0.25) is 0 Å². The van der Waals surface area contributed by atoms with Crippen LogP contribution in [0, 0.1) is 0 Å². The van der Waals surface area contributed by atoms with Crippen LogP contribution in [-0.2, 0) is 0 Å². The van der Waals surface area contributed by atoms with Crippen LogP contribution in [0.5, 0.6) is 0 Å². The number of H-pyrrole nitrogens is 1. The fraction of sp³-hybridized carbons (Fsp3) is 0.118. The normalized spacial score (nSPS) is 12.7. The summed E-state index contributed by atoms with van der Waals surface area (Å²) < 4.78 is 1.78. The first kappa shape index (κ1) is 14.8. The number of carbonyl (C=O) groups is 1. The van der Waals surface area contributed by atoms with Crippen LogP contribution in [0.15, 0.2) is 53.7 Å². The average molecular weight is 337 g/mol. The molecule has 0 spiro atoms. The van der Waals surface area contributed by atoms with Crippen molar-refractivity contribution in [1.29, 1.82) is 0 Å². The molecular formula is C17H15N5OS. The highest BCUT2D eigenvalue weighted by Gasteiger charge is 2.22. The zero-order chi connectivity index (χ0) is 16.7. The lowest BCUT2D eigenvalue weighted by atomic mass is 10.2. The Morgan fingerprint density at radius 3 is 2.25 bits per heavy atom. The number of rotatable bonds is 3. The van der Waals surface area contributed by atoms with Crippen molar-refractivity contribution in [1.82, 2.24) is 19.7 Å². The van der Waals surface area contributed by atoms with Crippen molar-refractivity contribution in [2.24, 2.45) is 0 Å². The zero-order valence-corrected chi connectivity index (χ0v) is 13.7. The summed E-state index contributed by atoms with van der Waals surface area (Å²) in [4.78, 5) is 17.1. The lowest BCUT2D eigenvalue weighted by Crippen LogP contribution is -2.21. The number of fused-ring (bicyclic) bond motifs is 3. The van der Waals surface area contributed by atoms with Gasteiger partial charge in [0.15, 0.2) is 0 Å². The first-order valence-corrected chi connectivity index (χ1v) is 8.40. The molecule has 120 valence electrons. The third kappa shape index (κ3) is 2.33. The largest absolute Gasteiger partial charge is 0.368 e. The summed E-state index contributed by atoms with van der Waals surface area (Å²) in [5.74, 6) is 0.231. The van der Waals surface area contributed by atoms with Gasteiger partial charge in [0, 0.05) is 10.8 Å². The number of anilines is 1. The molecule has 7 heteroatoms. The maximum atomic E-state index is 13.1. The molecule has 0 unspecified atom stereocenters. The van der Waals surface area contributed by atoms with E-state index in [1.807, 2.05) is 55.5 Å². The summed E-state index contributed by atoms with van der Waals surface area (Å²) in [5.41, 5.74) is 7.36. The van der Waals surface area contributed by atoms with Crippen molar-refractivity contribution in [3.63, 3.8) is 0 Å². The number of carbonyl (C=O) groups excluding carboxylic acids is 1. The van der Waals surface area contributed by atoms with Gasteiger partial charge in [-0.25, -0.2) is 5.10 Å². The molecule has 4 aromatic rings. The van der Waals surface area contributed by atoms with Gasteiger partial charge in [-0.3, -0.25) is 9.36 Å². The number of hydrogen-bond acceptors (Lipinski definition) is 5. The predicted molar refractivity (Wildman–Crippen MR) is 96.2 cm³/mol. The number of aromatic nitrogens is 4. The van der Waals surface area contributed by atoms with Crippen molar-refractivity contribution in [3.8, 4) is 0 Å². The van der Waals surface area contributed by atoms with Gasteiger partial charge in [0.05, 0.1) is 16.3 Å². The number of para-hydroxylation sites is 2. The van der Waals surface area contributed by atoms with Gasteiger partial charge in [-0.2, -0.15) is 4.98 Å². The van der Waals surface area contributed by atoms with Gasteiger partial charge in [0.2, 0.25) is 17.0 Å². The van der Waals surface area contributed by atoms with E-state index in [2.05, 4.69) is 15.2 Å². The molecule has 0 aliphatic carbocycles. The fourth-order valence-electron chi connectivity index (χ4n) is 2.86. The molecule has 2 heterocycles. The Morgan fingerprint density at radius 1 is 1.12 bits per heavy atom. The molecule has 0 aliphatic rings. The van der Waals surface area contributed by atoms with Gasteiger partial charge in [-0.05, 0) is 19.1 Å². The van der Waals surface area contributed by atoms with Crippen molar-refractivity contribution < 1.29 is 4.79 Å². The molecule has 0 saturated heterocycles. The van der Waals surface area contributed by atoms with Crippen molar-refractivity contribution in [2.45, 2.75) is 17.3 Å². The van der Waals surface area contributed by atoms with Gasteiger partial charge in [0.25, 0.3) is 0 Å². The Balaban J connectivity index is 1.80.